The summed E-state index contributed by atoms with van der Waals surface area (Å²) in [4.78, 5) is 124. The van der Waals surface area contributed by atoms with Crippen molar-refractivity contribution < 1.29 is 76.7 Å². The number of ether oxygens (including phenoxy) is 5. The molecule has 0 aliphatic carbocycles. The van der Waals surface area contributed by atoms with Crippen LogP contribution >= 0.6 is 0 Å². The van der Waals surface area contributed by atoms with Gasteiger partial charge in [0.2, 0.25) is 29.5 Å². The molecule has 378 valence electrons. The molecule has 0 fully saturated rings. The first kappa shape index (κ1) is 57.6. The van der Waals surface area contributed by atoms with Crippen LogP contribution in [0.5, 0.6) is 0 Å². The molecule has 2 rings (SSSR count). The molecule has 68 heavy (non-hydrogen) atoms. The van der Waals surface area contributed by atoms with Crippen LogP contribution in [-0.4, -0.2) is 160 Å². The molecule has 0 spiro atoms. The van der Waals surface area contributed by atoms with Gasteiger partial charge in [0.25, 0.3) is 11.8 Å². The van der Waals surface area contributed by atoms with Crippen LogP contribution in [0.2, 0.25) is 0 Å². The molecule has 24 heteroatoms. The molecule has 24 nitrogen and oxygen atoms in total. The van der Waals surface area contributed by atoms with E-state index in [-0.39, 0.29) is 129 Å². The van der Waals surface area contributed by atoms with E-state index in [1.807, 2.05) is 0 Å². The third kappa shape index (κ3) is 24.9. The summed E-state index contributed by atoms with van der Waals surface area (Å²) >= 11 is 0. The minimum Gasteiger partial charge on any atom is -0.481 e. The molecule has 0 unspecified atom stereocenters. The molecule has 3 atom stereocenters. The van der Waals surface area contributed by atoms with Crippen molar-refractivity contribution >= 4 is 65.0 Å². The van der Waals surface area contributed by atoms with Gasteiger partial charge in [-0.3, -0.25) is 48.1 Å². The van der Waals surface area contributed by atoms with Crippen molar-refractivity contribution in [2.24, 2.45) is 11.7 Å². The minimum absolute atomic E-state index is 0.00193. The van der Waals surface area contributed by atoms with Crippen LogP contribution in [0.25, 0.3) is 0 Å². The van der Waals surface area contributed by atoms with Crippen LogP contribution < -0.4 is 37.6 Å². The molecule has 9 amide bonds. The normalized spacial score (nSPS) is 13.3. The quantitative estimate of drug-likeness (QED) is 0.0236. The molecule has 0 aromatic heterocycles. The summed E-state index contributed by atoms with van der Waals surface area (Å²) in [6, 6.07) is 2.04. The van der Waals surface area contributed by atoms with Gasteiger partial charge in [0, 0.05) is 63.2 Å². The summed E-state index contributed by atoms with van der Waals surface area (Å²) in [5.41, 5.74) is 6.22. The van der Waals surface area contributed by atoms with Gasteiger partial charge in [0.05, 0.1) is 52.9 Å². The smallest absolute Gasteiger partial charge is 0.312 e. The van der Waals surface area contributed by atoms with Crippen LogP contribution in [0, 0.1) is 5.92 Å². The Bertz CT molecular complexity index is 1840. The molecule has 0 saturated heterocycles. The molecule has 1 aromatic rings. The lowest BCUT2D eigenvalue weighted by Crippen LogP contribution is -2.58. The second-order valence-electron chi connectivity index (χ2n) is 15.4. The second kappa shape index (κ2) is 33.1. The number of carbonyl (C=O) groups is 10. The van der Waals surface area contributed by atoms with Gasteiger partial charge in [-0.15, -0.1) is 0 Å². The van der Waals surface area contributed by atoms with Gasteiger partial charge < -0.3 is 66.4 Å². The van der Waals surface area contributed by atoms with E-state index in [1.54, 1.807) is 45.0 Å². The number of esters is 1. The Morgan fingerprint density at radius 3 is 1.82 bits per heavy atom. The maximum atomic E-state index is 13.7. The highest BCUT2D eigenvalue weighted by molar-refractivity contribution is 6.13. The Balaban J connectivity index is 1.76. The molecular formula is C44H66N8O16. The molecule has 1 heterocycles. The van der Waals surface area contributed by atoms with E-state index in [0.29, 0.717) is 11.3 Å². The zero-order valence-corrected chi connectivity index (χ0v) is 38.8. The zero-order valence-electron chi connectivity index (χ0n) is 38.8. The van der Waals surface area contributed by atoms with E-state index in [9.17, 15) is 53.1 Å². The summed E-state index contributed by atoms with van der Waals surface area (Å²) in [6.45, 7) is 6.99. The van der Waals surface area contributed by atoms with E-state index < -0.39 is 77.9 Å². The topological polar surface area (TPSA) is 339 Å². The van der Waals surface area contributed by atoms with Crippen LogP contribution in [0.15, 0.2) is 36.4 Å². The average Bonchev–Trinajstić information content (AvgIpc) is 3.62. The highest BCUT2D eigenvalue weighted by Crippen LogP contribution is 2.14. The number of hydrogen-bond donors (Lipinski definition) is 8. The number of amides is 9. The molecule has 0 bridgehead atoms. The number of hydrogen-bond acceptors (Lipinski definition) is 15. The number of carbonyl (C=O) groups excluding carboxylic acids is 9. The maximum Gasteiger partial charge on any atom is 0.312 e. The number of nitrogens with zero attached hydrogens (tertiary/aromatic N) is 1. The lowest BCUT2D eigenvalue weighted by molar-refractivity contribution is -0.144. The predicted octanol–water partition coefficient (Wildman–Crippen LogP) is -0.610. The fourth-order valence-electron chi connectivity index (χ4n) is 5.96. The van der Waals surface area contributed by atoms with Crippen molar-refractivity contribution in [3.63, 3.8) is 0 Å². The maximum absolute atomic E-state index is 13.7. The first-order chi connectivity index (χ1) is 32.5. The van der Waals surface area contributed by atoms with Gasteiger partial charge in [-0.25, -0.2) is 4.79 Å². The van der Waals surface area contributed by atoms with Crippen LogP contribution in [0.1, 0.15) is 71.3 Å². The fourth-order valence-corrected chi connectivity index (χ4v) is 5.96. The number of carboxylic acid groups (broad SMARTS) is 1. The zero-order chi connectivity index (χ0) is 50.3. The highest BCUT2D eigenvalue weighted by atomic mass is 16.6. The number of primary amides is 1. The van der Waals surface area contributed by atoms with E-state index in [2.05, 4.69) is 31.9 Å². The van der Waals surface area contributed by atoms with E-state index in [4.69, 9.17) is 29.4 Å². The van der Waals surface area contributed by atoms with Crippen LogP contribution in [0.4, 0.5) is 10.5 Å². The number of anilines is 1. The van der Waals surface area contributed by atoms with Gasteiger partial charge in [0.1, 0.15) is 24.7 Å². The van der Waals surface area contributed by atoms with E-state index in [0.717, 1.165) is 17.1 Å². The van der Waals surface area contributed by atoms with Gasteiger partial charge in [-0.2, -0.15) is 0 Å². The Hall–Kier alpha value is -6.50. The summed E-state index contributed by atoms with van der Waals surface area (Å²) in [7, 11) is 0. The number of nitrogens with one attached hydrogen (secondary N) is 6. The highest BCUT2D eigenvalue weighted by Gasteiger charge is 2.32. The SMILES string of the molecule is CCC(=O)OCc1ccc(NC(=O)[C@H](CCCNC(N)=O)NC(=O)[C@@H](NC(=O)[C@H](CCC(=O)O)NC(=O)CCOCCOCCOCCOCCNC(=O)CCN2C(=O)C=CC2=O)C(C)C)cc1. The first-order valence-corrected chi connectivity index (χ1v) is 22.3. The molecule has 1 aliphatic heterocycles. The summed E-state index contributed by atoms with van der Waals surface area (Å²) in [6.07, 6.45) is 1.89. The molecule has 1 aliphatic rings. The number of benzene rings is 1. The van der Waals surface area contributed by atoms with Gasteiger partial charge in [0.15, 0.2) is 0 Å². The van der Waals surface area contributed by atoms with E-state index in [1.165, 1.54) is 0 Å². The van der Waals surface area contributed by atoms with E-state index >= 15 is 0 Å². The number of aliphatic carboxylic acids is 1. The predicted molar refractivity (Wildman–Crippen MR) is 241 cm³/mol. The van der Waals surface area contributed by atoms with Crippen molar-refractivity contribution in [2.45, 2.75) is 90.4 Å². The third-order valence-electron chi connectivity index (χ3n) is 9.68. The Morgan fingerprint density at radius 1 is 0.662 bits per heavy atom. The Labute approximate surface area is 394 Å². The van der Waals surface area contributed by atoms with Crippen LogP contribution in [-0.2, 0) is 73.4 Å². The minimum atomic E-state index is -1.33. The summed E-state index contributed by atoms with van der Waals surface area (Å²) in [5.74, 6) is -6.08. The number of carboxylic acids is 1. The lowest BCUT2D eigenvalue weighted by Gasteiger charge is -2.27. The average molecular weight is 963 g/mol. The van der Waals surface area contributed by atoms with Gasteiger partial charge in [-0.05, 0) is 42.9 Å². The Morgan fingerprint density at radius 2 is 1.25 bits per heavy atom. The van der Waals surface area contributed by atoms with Crippen molar-refractivity contribution in [3.05, 3.63) is 42.0 Å². The summed E-state index contributed by atoms with van der Waals surface area (Å²) < 4.78 is 26.8. The molecule has 1 aromatic carbocycles. The van der Waals surface area contributed by atoms with Crippen LogP contribution in [0.3, 0.4) is 0 Å². The largest absolute Gasteiger partial charge is 0.481 e. The first-order valence-electron chi connectivity index (χ1n) is 22.3. The van der Waals surface area contributed by atoms with Crippen molar-refractivity contribution in [1.29, 1.82) is 0 Å². The molecule has 0 radical (unpaired) electrons. The number of rotatable bonds is 36. The third-order valence-corrected chi connectivity index (χ3v) is 9.68. The molecular weight excluding hydrogens is 897 g/mol. The fraction of sp³-hybridized carbons (Fsp3) is 0.591. The molecule has 0 saturated carbocycles. The molecule has 9 N–H and O–H groups in total. The lowest BCUT2D eigenvalue weighted by atomic mass is 10.0. The summed E-state index contributed by atoms with van der Waals surface area (Å²) in [5, 5.41) is 24.9. The van der Waals surface area contributed by atoms with Crippen molar-refractivity contribution in [3.8, 4) is 0 Å². The van der Waals surface area contributed by atoms with Crippen molar-refractivity contribution in [2.75, 3.05) is 77.8 Å². The van der Waals surface area contributed by atoms with Gasteiger partial charge in [-0.1, -0.05) is 32.9 Å². The number of imide groups is 1. The Kier molecular flexibility index (Phi) is 28.0. The number of urea groups is 1. The van der Waals surface area contributed by atoms with Crippen molar-refractivity contribution in [1.82, 2.24) is 31.5 Å². The second-order valence-corrected chi connectivity index (χ2v) is 15.4. The monoisotopic (exact) mass is 962 g/mol. The van der Waals surface area contributed by atoms with Gasteiger partial charge >= 0.3 is 18.0 Å². The number of nitrogens with two attached hydrogens (primary N) is 1. The standard InChI is InChI=1S/C44H66N8O16/c1-4-39(59)68-28-30-7-9-31(10-8-30)48-41(60)32(6-5-17-47-44(45)63)50-43(62)40(29(2)3)51-42(61)33(11-14-38(57)58)49-35(54)16-20-64-22-24-66-26-27-67-25-23-65-21-18-46-34(53)15-19-52-36(55)12-13-37(52)56/h7-10,12-13,29,32-33,40H,4-6,11,14-28H2,1-3H3,(H,46,53)(H,48,60)(H,49,54)(H,50,62)(H,51,61)(H,57,58)(H3,45,47,63)/t32-,33-,40-/m0/s1.